The first-order chi connectivity index (χ1) is 17.5. The summed E-state index contributed by atoms with van der Waals surface area (Å²) in [5.74, 6) is -0.00904. The number of rotatable bonds is 9. The van der Waals surface area contributed by atoms with E-state index in [2.05, 4.69) is 23.2 Å². The Hall–Kier alpha value is -4.07. The quantitative estimate of drug-likeness (QED) is 0.482. The van der Waals surface area contributed by atoms with Crippen molar-refractivity contribution >= 4 is 23.0 Å². The highest BCUT2D eigenvalue weighted by molar-refractivity contribution is 5.84. The zero-order valence-electron chi connectivity index (χ0n) is 20.7. The summed E-state index contributed by atoms with van der Waals surface area (Å²) in [5.41, 5.74) is 8.75. The number of carbonyl (C=O) groups excluding carboxylic acids is 1. The summed E-state index contributed by atoms with van der Waals surface area (Å²) in [4.78, 5) is 44.7. The van der Waals surface area contributed by atoms with Crippen LogP contribution in [0.15, 0.2) is 76.3 Å². The van der Waals surface area contributed by atoms with Gasteiger partial charge in [0.25, 0.3) is 5.56 Å². The normalized spacial score (nSPS) is 13.4. The summed E-state index contributed by atoms with van der Waals surface area (Å²) in [5, 5.41) is 0. The van der Waals surface area contributed by atoms with Crippen molar-refractivity contribution in [2.45, 2.75) is 39.3 Å². The lowest BCUT2D eigenvalue weighted by Gasteiger charge is -2.31. The van der Waals surface area contributed by atoms with Crippen LogP contribution in [0.1, 0.15) is 37.3 Å². The molecule has 1 aromatic heterocycles. The Morgan fingerprint density at radius 1 is 1.06 bits per heavy atom. The van der Waals surface area contributed by atoms with Gasteiger partial charge in [-0.1, -0.05) is 80.1 Å². The molecule has 8 heteroatoms. The van der Waals surface area contributed by atoms with E-state index in [0.29, 0.717) is 26.2 Å². The van der Waals surface area contributed by atoms with Crippen molar-refractivity contribution in [2.24, 2.45) is 0 Å². The van der Waals surface area contributed by atoms with Crippen LogP contribution in [0.5, 0.6) is 0 Å². The summed E-state index contributed by atoms with van der Waals surface area (Å²) in [7, 11) is 0. The second-order valence-electron chi connectivity index (χ2n) is 9.03. The Balaban J connectivity index is 1.61. The molecule has 0 radical (unpaired) electrons. The van der Waals surface area contributed by atoms with E-state index in [0.717, 1.165) is 24.8 Å². The minimum absolute atomic E-state index is 0.0251. The Bertz CT molecular complexity index is 1330. The van der Waals surface area contributed by atoms with E-state index in [9.17, 15) is 14.4 Å². The number of nitrogens with two attached hydrogens (primary N) is 1. The van der Waals surface area contributed by atoms with Crippen molar-refractivity contribution in [2.75, 3.05) is 30.3 Å². The van der Waals surface area contributed by atoms with Gasteiger partial charge in [-0.15, -0.1) is 0 Å². The maximum Gasteiger partial charge on any atom is 0.330 e. The van der Waals surface area contributed by atoms with Crippen LogP contribution in [0.25, 0.3) is 5.57 Å². The van der Waals surface area contributed by atoms with E-state index in [1.165, 1.54) is 15.7 Å². The number of H-pyrrole nitrogens is 1. The predicted octanol–water partition coefficient (Wildman–Crippen LogP) is 3.24. The molecule has 8 nitrogen and oxygen atoms in total. The van der Waals surface area contributed by atoms with Gasteiger partial charge in [-0.05, 0) is 29.5 Å². The van der Waals surface area contributed by atoms with E-state index < -0.39 is 11.2 Å². The summed E-state index contributed by atoms with van der Waals surface area (Å²) in [6.07, 6.45) is 4.47. The lowest BCUT2D eigenvalue weighted by molar-refractivity contribution is -0.129. The molecule has 0 atom stereocenters. The standard InChI is InChI=1S/C28H33N5O3/c1-2-3-16-33-26(29)25(27(35)30-28(33)36)32(19-21-10-6-4-7-11-21)20-24(34)31-17-14-23(15-18-31)22-12-8-5-9-13-22/h4-14H,2-3,15-20,29H2,1H3,(H,30,35,36). The van der Waals surface area contributed by atoms with E-state index in [4.69, 9.17) is 5.73 Å². The molecule has 0 spiro atoms. The highest BCUT2D eigenvalue weighted by Gasteiger charge is 2.25. The van der Waals surface area contributed by atoms with Gasteiger partial charge in [0.2, 0.25) is 5.91 Å². The molecule has 2 heterocycles. The first-order valence-corrected chi connectivity index (χ1v) is 12.4. The Morgan fingerprint density at radius 2 is 1.75 bits per heavy atom. The van der Waals surface area contributed by atoms with Gasteiger partial charge in [0.05, 0.1) is 6.54 Å². The first kappa shape index (κ1) is 25.0. The van der Waals surface area contributed by atoms with Gasteiger partial charge in [0.15, 0.2) is 0 Å². The molecular weight excluding hydrogens is 454 g/mol. The molecule has 0 aliphatic carbocycles. The molecule has 1 amide bonds. The second kappa shape index (κ2) is 11.6. The van der Waals surface area contributed by atoms with Crippen molar-refractivity contribution < 1.29 is 4.79 Å². The van der Waals surface area contributed by atoms with Crippen LogP contribution in [0, 0.1) is 0 Å². The second-order valence-corrected chi connectivity index (χ2v) is 9.03. The largest absolute Gasteiger partial charge is 0.383 e. The SMILES string of the molecule is CCCCn1c(N)c(N(CC(=O)N2CC=C(c3ccccc3)CC2)Cc2ccccc2)c(=O)[nH]c1=O. The minimum Gasteiger partial charge on any atom is -0.383 e. The zero-order chi connectivity index (χ0) is 25.5. The number of nitrogens with zero attached hydrogens (tertiary/aromatic N) is 3. The number of hydrogen-bond donors (Lipinski definition) is 2. The van der Waals surface area contributed by atoms with Crippen molar-refractivity contribution in [3.8, 4) is 0 Å². The molecule has 4 rings (SSSR count). The average molecular weight is 488 g/mol. The molecule has 188 valence electrons. The number of aromatic nitrogens is 2. The van der Waals surface area contributed by atoms with E-state index in [1.54, 1.807) is 9.80 Å². The highest BCUT2D eigenvalue weighted by Crippen LogP contribution is 2.24. The Morgan fingerprint density at radius 3 is 2.39 bits per heavy atom. The Kier molecular flexibility index (Phi) is 8.05. The summed E-state index contributed by atoms with van der Waals surface area (Å²) < 4.78 is 1.39. The molecule has 0 fully saturated rings. The van der Waals surface area contributed by atoms with Crippen LogP contribution in [-0.2, 0) is 17.9 Å². The number of aromatic amines is 1. The number of benzene rings is 2. The number of nitrogens with one attached hydrogen (secondary N) is 1. The van der Waals surface area contributed by atoms with Gasteiger partial charge in [-0.25, -0.2) is 4.79 Å². The maximum atomic E-state index is 13.4. The van der Waals surface area contributed by atoms with Gasteiger partial charge in [-0.2, -0.15) is 0 Å². The fourth-order valence-electron chi connectivity index (χ4n) is 4.51. The fourth-order valence-corrected chi connectivity index (χ4v) is 4.51. The molecular formula is C28H33N5O3. The minimum atomic E-state index is -0.584. The van der Waals surface area contributed by atoms with Crippen LogP contribution in [0.3, 0.4) is 0 Å². The third-order valence-corrected chi connectivity index (χ3v) is 6.51. The molecule has 1 aliphatic heterocycles. The third kappa shape index (κ3) is 5.76. The molecule has 3 aromatic rings. The Labute approximate surface area is 210 Å². The van der Waals surface area contributed by atoms with Gasteiger partial charge >= 0.3 is 5.69 Å². The molecule has 1 aliphatic rings. The van der Waals surface area contributed by atoms with Gasteiger partial charge in [0, 0.05) is 26.2 Å². The van der Waals surface area contributed by atoms with Crippen molar-refractivity contribution in [1.29, 1.82) is 0 Å². The predicted molar refractivity (Wildman–Crippen MR) is 144 cm³/mol. The molecule has 0 saturated carbocycles. The third-order valence-electron chi connectivity index (χ3n) is 6.51. The number of carbonyl (C=O) groups is 1. The number of nitrogen functional groups attached to an aromatic ring is 1. The lowest BCUT2D eigenvalue weighted by atomic mass is 9.99. The van der Waals surface area contributed by atoms with Crippen LogP contribution >= 0.6 is 0 Å². The van der Waals surface area contributed by atoms with Gasteiger partial charge in [0.1, 0.15) is 11.5 Å². The first-order valence-electron chi connectivity index (χ1n) is 12.4. The number of hydrogen-bond acceptors (Lipinski definition) is 5. The molecule has 0 saturated heterocycles. The summed E-state index contributed by atoms with van der Waals surface area (Å²) in [6, 6.07) is 19.8. The van der Waals surface area contributed by atoms with E-state index >= 15 is 0 Å². The summed E-state index contributed by atoms with van der Waals surface area (Å²) in [6.45, 7) is 3.81. The van der Waals surface area contributed by atoms with Crippen LogP contribution in [0.4, 0.5) is 11.5 Å². The van der Waals surface area contributed by atoms with Crippen molar-refractivity contribution in [3.63, 3.8) is 0 Å². The van der Waals surface area contributed by atoms with Crippen LogP contribution in [0.2, 0.25) is 0 Å². The fraction of sp³-hybridized carbons (Fsp3) is 0.321. The van der Waals surface area contributed by atoms with Gasteiger partial charge in [-0.3, -0.25) is 19.1 Å². The molecule has 2 aromatic carbocycles. The maximum absolute atomic E-state index is 13.4. The molecule has 3 N–H and O–H groups in total. The summed E-state index contributed by atoms with van der Waals surface area (Å²) >= 11 is 0. The van der Waals surface area contributed by atoms with Crippen LogP contribution in [-0.4, -0.2) is 40.0 Å². The molecule has 0 unspecified atom stereocenters. The number of anilines is 2. The van der Waals surface area contributed by atoms with E-state index in [-0.39, 0.29) is 24.0 Å². The highest BCUT2D eigenvalue weighted by atomic mass is 16.2. The zero-order valence-corrected chi connectivity index (χ0v) is 20.7. The number of amides is 1. The monoisotopic (exact) mass is 487 g/mol. The molecule has 36 heavy (non-hydrogen) atoms. The van der Waals surface area contributed by atoms with Crippen molar-refractivity contribution in [3.05, 3.63) is 98.7 Å². The molecule has 0 bridgehead atoms. The number of unbranched alkanes of at least 4 members (excludes halogenated alkanes) is 1. The van der Waals surface area contributed by atoms with E-state index in [1.807, 2.05) is 55.5 Å². The van der Waals surface area contributed by atoms with Crippen LogP contribution < -0.4 is 21.9 Å². The van der Waals surface area contributed by atoms with Gasteiger partial charge < -0.3 is 15.5 Å². The topological polar surface area (TPSA) is 104 Å². The smallest absolute Gasteiger partial charge is 0.330 e. The van der Waals surface area contributed by atoms with Crippen molar-refractivity contribution in [1.82, 2.24) is 14.5 Å². The lowest BCUT2D eigenvalue weighted by Crippen LogP contribution is -2.45. The average Bonchev–Trinajstić information content (AvgIpc) is 2.89.